The molecule has 2 N–H and O–H groups in total. The van der Waals surface area contributed by atoms with Gasteiger partial charge in [0.05, 0.1) is 23.6 Å². The number of pyridine rings is 1. The molecule has 38 heavy (non-hydrogen) atoms. The number of nitrogens with zero attached hydrogens (tertiary/aromatic N) is 2. The van der Waals surface area contributed by atoms with Crippen LogP contribution in [-0.2, 0) is 11.3 Å². The van der Waals surface area contributed by atoms with Gasteiger partial charge in [-0.1, -0.05) is 50.1 Å². The maximum Gasteiger partial charge on any atom is 0.392 e. The summed E-state index contributed by atoms with van der Waals surface area (Å²) in [6.07, 6.45) is -0.666. The summed E-state index contributed by atoms with van der Waals surface area (Å²) >= 11 is 0. The Morgan fingerprint density at radius 3 is 2.39 bits per heavy atom. The summed E-state index contributed by atoms with van der Waals surface area (Å²) in [5.74, 6) is -2.70. The van der Waals surface area contributed by atoms with Crippen LogP contribution < -0.4 is 10.9 Å². The first kappa shape index (κ1) is 27.9. The summed E-state index contributed by atoms with van der Waals surface area (Å²) in [5, 5.41) is 14.6. The molecule has 1 aliphatic heterocycles. The highest BCUT2D eigenvalue weighted by Gasteiger charge is 2.56. The molecule has 1 aromatic carbocycles. The van der Waals surface area contributed by atoms with E-state index in [1.165, 1.54) is 28.8 Å². The number of hydrogen-bond donors (Lipinski definition) is 2. The summed E-state index contributed by atoms with van der Waals surface area (Å²) in [5.41, 5.74) is -1.01. The molecule has 4 rings (SSSR count). The first-order chi connectivity index (χ1) is 17.9. The third kappa shape index (κ3) is 5.36. The second-order valence-corrected chi connectivity index (χ2v) is 10.7. The molecule has 10 heteroatoms. The quantitative estimate of drug-likeness (QED) is 0.588. The molecule has 2 fully saturated rings. The van der Waals surface area contributed by atoms with Crippen LogP contribution in [0.3, 0.4) is 0 Å². The Balaban J connectivity index is 1.64. The van der Waals surface area contributed by atoms with Gasteiger partial charge in [-0.2, -0.15) is 13.2 Å². The first-order valence-electron chi connectivity index (χ1n) is 13.0. The number of amides is 2. The van der Waals surface area contributed by atoms with Gasteiger partial charge in [0.2, 0.25) is 5.91 Å². The Bertz CT molecular complexity index is 1240. The van der Waals surface area contributed by atoms with Gasteiger partial charge in [0.1, 0.15) is 0 Å². The maximum atomic E-state index is 13.2. The second-order valence-electron chi connectivity index (χ2n) is 10.7. The molecule has 2 aromatic rings. The molecule has 1 saturated carbocycles. The molecule has 2 aliphatic rings. The van der Waals surface area contributed by atoms with Crippen molar-refractivity contribution in [3.8, 4) is 11.1 Å². The van der Waals surface area contributed by atoms with E-state index in [0.29, 0.717) is 24.0 Å². The molecule has 2 atom stereocenters. The summed E-state index contributed by atoms with van der Waals surface area (Å²) in [6.45, 7) is 1.16. The number of carbonyl (C=O) groups is 2. The molecule has 0 radical (unpaired) electrons. The van der Waals surface area contributed by atoms with Gasteiger partial charge < -0.3 is 19.9 Å². The molecular formula is C28H34F3N3O4. The van der Waals surface area contributed by atoms with Crippen molar-refractivity contribution in [3.05, 3.63) is 58.5 Å². The van der Waals surface area contributed by atoms with Gasteiger partial charge in [0, 0.05) is 49.8 Å². The highest BCUT2D eigenvalue weighted by molar-refractivity contribution is 6.00. The molecule has 1 aromatic heterocycles. The number of aromatic nitrogens is 1. The lowest BCUT2D eigenvalue weighted by Crippen LogP contribution is -2.62. The van der Waals surface area contributed by atoms with E-state index in [1.54, 1.807) is 12.1 Å². The van der Waals surface area contributed by atoms with Crippen molar-refractivity contribution in [2.75, 3.05) is 20.1 Å². The smallest absolute Gasteiger partial charge is 0.387 e. The number of carbonyl (C=O) groups excluding carboxylic acids is 2. The molecule has 1 spiro atoms. The fourth-order valence-corrected chi connectivity index (χ4v) is 5.97. The summed E-state index contributed by atoms with van der Waals surface area (Å²) < 4.78 is 40.5. The number of alkyl halides is 3. The third-order valence-electron chi connectivity index (χ3n) is 8.34. The number of hydrogen-bond acceptors (Lipinski definition) is 4. The van der Waals surface area contributed by atoms with E-state index in [0.717, 1.165) is 19.8 Å². The van der Waals surface area contributed by atoms with Gasteiger partial charge in [-0.15, -0.1) is 0 Å². The fourth-order valence-electron chi connectivity index (χ4n) is 5.97. The minimum atomic E-state index is -4.45. The molecule has 2 heterocycles. The molecule has 1 aliphatic carbocycles. The van der Waals surface area contributed by atoms with Crippen molar-refractivity contribution in [1.29, 1.82) is 0 Å². The number of benzene rings is 1. The zero-order valence-corrected chi connectivity index (χ0v) is 21.7. The van der Waals surface area contributed by atoms with E-state index in [-0.39, 0.29) is 43.1 Å². The van der Waals surface area contributed by atoms with E-state index < -0.39 is 35.4 Å². The lowest BCUT2D eigenvalue weighted by molar-refractivity contribution is -0.182. The number of aliphatic hydroxyl groups is 1. The Morgan fingerprint density at radius 1 is 1.13 bits per heavy atom. The van der Waals surface area contributed by atoms with Crippen molar-refractivity contribution in [1.82, 2.24) is 14.8 Å². The first-order valence-corrected chi connectivity index (χ1v) is 13.0. The van der Waals surface area contributed by atoms with Gasteiger partial charge >= 0.3 is 6.18 Å². The average molecular weight is 534 g/mol. The van der Waals surface area contributed by atoms with Crippen molar-refractivity contribution in [3.63, 3.8) is 0 Å². The number of piperidine rings is 1. The number of rotatable bonds is 6. The van der Waals surface area contributed by atoms with Crippen LogP contribution in [0, 0.1) is 11.3 Å². The molecule has 206 valence electrons. The Morgan fingerprint density at radius 2 is 1.79 bits per heavy atom. The molecular weight excluding hydrogens is 499 g/mol. The van der Waals surface area contributed by atoms with Crippen LogP contribution >= 0.6 is 0 Å². The topological polar surface area (TPSA) is 91.6 Å². The van der Waals surface area contributed by atoms with E-state index in [4.69, 9.17) is 0 Å². The SMILES string of the molecule is CNC(=O)c1cn(CC2(O)CCN(C(=O)CC(C)C(F)(F)F)CC23CCCC3)c(=O)cc1-c1ccccc1. The number of nitrogens with one attached hydrogen (secondary N) is 1. The normalized spacial score (nSPS) is 21.9. The minimum Gasteiger partial charge on any atom is -0.387 e. The van der Waals surface area contributed by atoms with Crippen LogP contribution in [0.5, 0.6) is 0 Å². The number of halogens is 3. The fraction of sp³-hybridized carbons (Fsp3) is 0.536. The standard InChI is InChI=1S/C28H34F3N3O4/c1-19(28(29,30)31)14-23(35)33-13-12-27(38,26(17-33)10-6-7-11-26)18-34-16-22(25(37)32-2)21(15-24(34)36)20-8-4-3-5-9-20/h3-5,8-9,15-16,19,38H,6-7,10-14,17-18H2,1-2H3,(H,32,37). The van der Waals surface area contributed by atoms with Gasteiger partial charge in [0.15, 0.2) is 0 Å². The number of likely N-dealkylation sites (tertiary alicyclic amines) is 1. The third-order valence-corrected chi connectivity index (χ3v) is 8.34. The minimum absolute atomic E-state index is 0.0775. The van der Waals surface area contributed by atoms with Crippen molar-refractivity contribution in [2.24, 2.45) is 11.3 Å². The second kappa shape index (κ2) is 10.6. The Hall–Kier alpha value is -3.14. The molecule has 2 unspecified atom stereocenters. The highest BCUT2D eigenvalue weighted by atomic mass is 19.4. The summed E-state index contributed by atoms with van der Waals surface area (Å²) in [4.78, 5) is 40.2. The summed E-state index contributed by atoms with van der Waals surface area (Å²) in [7, 11) is 1.50. The van der Waals surface area contributed by atoms with Crippen molar-refractivity contribution in [2.45, 2.75) is 63.8 Å². The van der Waals surface area contributed by atoms with Gasteiger partial charge in [-0.05, 0) is 24.8 Å². The summed E-state index contributed by atoms with van der Waals surface area (Å²) in [6, 6.07) is 10.5. The average Bonchev–Trinajstić information content (AvgIpc) is 3.36. The van der Waals surface area contributed by atoms with E-state index in [9.17, 15) is 32.7 Å². The van der Waals surface area contributed by atoms with E-state index >= 15 is 0 Å². The van der Waals surface area contributed by atoms with Gasteiger partial charge in [-0.25, -0.2) is 0 Å². The van der Waals surface area contributed by atoms with E-state index in [2.05, 4.69) is 5.32 Å². The van der Waals surface area contributed by atoms with Crippen LogP contribution in [-0.4, -0.2) is 58.3 Å². The molecule has 1 saturated heterocycles. The van der Waals surface area contributed by atoms with E-state index in [1.807, 2.05) is 18.2 Å². The highest BCUT2D eigenvalue weighted by Crippen LogP contribution is 2.51. The van der Waals surface area contributed by atoms with Crippen molar-refractivity contribution < 1.29 is 27.9 Å². The Labute approximate surface area is 219 Å². The lowest BCUT2D eigenvalue weighted by Gasteiger charge is -2.52. The molecule has 2 amide bonds. The van der Waals surface area contributed by atoms with Crippen LogP contribution in [0.25, 0.3) is 11.1 Å². The van der Waals surface area contributed by atoms with Crippen LogP contribution in [0.15, 0.2) is 47.4 Å². The predicted molar refractivity (Wildman–Crippen MR) is 136 cm³/mol. The molecule has 0 bridgehead atoms. The molecule has 7 nitrogen and oxygen atoms in total. The zero-order valence-electron chi connectivity index (χ0n) is 21.7. The zero-order chi connectivity index (χ0) is 27.7. The Kier molecular flexibility index (Phi) is 7.74. The van der Waals surface area contributed by atoms with Crippen molar-refractivity contribution >= 4 is 11.8 Å². The van der Waals surface area contributed by atoms with Gasteiger partial charge in [0.25, 0.3) is 11.5 Å². The van der Waals surface area contributed by atoms with Crippen LogP contribution in [0.4, 0.5) is 13.2 Å². The lowest BCUT2D eigenvalue weighted by atomic mass is 9.65. The van der Waals surface area contributed by atoms with Crippen LogP contribution in [0.1, 0.15) is 55.8 Å². The predicted octanol–water partition coefficient (Wildman–Crippen LogP) is 3.99. The van der Waals surface area contributed by atoms with Gasteiger partial charge in [-0.3, -0.25) is 14.4 Å². The maximum absolute atomic E-state index is 13.2. The monoisotopic (exact) mass is 533 g/mol. The van der Waals surface area contributed by atoms with Crippen LogP contribution in [0.2, 0.25) is 0 Å². The largest absolute Gasteiger partial charge is 0.392 e.